The molecule has 2 amide bonds. The number of halogens is 2. The zero-order valence-electron chi connectivity index (χ0n) is 16.9. The maximum Gasteiger partial charge on any atom is 0.246 e. The third-order valence-corrected chi connectivity index (χ3v) is 4.40. The number of hydrogen-bond donors (Lipinski definition) is 3. The summed E-state index contributed by atoms with van der Waals surface area (Å²) in [6.45, 7) is 4.76. The van der Waals surface area contributed by atoms with Gasteiger partial charge in [-0.15, -0.1) is 24.0 Å². The van der Waals surface area contributed by atoms with Gasteiger partial charge < -0.3 is 20.9 Å². The van der Waals surface area contributed by atoms with E-state index in [1.54, 1.807) is 6.07 Å². The molecule has 29 heavy (non-hydrogen) atoms. The summed E-state index contributed by atoms with van der Waals surface area (Å²) in [6, 6.07) is 5.74. The van der Waals surface area contributed by atoms with Crippen LogP contribution in [0.2, 0.25) is 0 Å². The molecule has 0 saturated carbocycles. The van der Waals surface area contributed by atoms with Gasteiger partial charge >= 0.3 is 0 Å². The van der Waals surface area contributed by atoms with Crippen molar-refractivity contribution in [3.63, 3.8) is 0 Å². The second-order valence-electron chi connectivity index (χ2n) is 6.73. The predicted octanol–water partition coefficient (Wildman–Crippen LogP) is 2.73. The summed E-state index contributed by atoms with van der Waals surface area (Å²) < 4.78 is 13.2. The number of hydrogen-bond acceptors (Lipinski definition) is 3. The molecule has 1 aliphatic heterocycles. The Hall–Kier alpha value is -1.91. The van der Waals surface area contributed by atoms with Crippen molar-refractivity contribution in [3.8, 4) is 0 Å². The van der Waals surface area contributed by atoms with Crippen molar-refractivity contribution in [2.75, 3.05) is 38.0 Å². The molecule has 0 radical (unpaired) electrons. The van der Waals surface area contributed by atoms with Crippen LogP contribution in [0, 0.1) is 5.82 Å². The maximum absolute atomic E-state index is 13.2. The number of nitrogens with zero attached hydrogens (tertiary/aromatic N) is 2. The maximum atomic E-state index is 13.2. The lowest BCUT2D eigenvalue weighted by molar-refractivity contribution is -0.130. The minimum atomic E-state index is -0.404. The van der Waals surface area contributed by atoms with Gasteiger partial charge in [0.05, 0.1) is 0 Å². The van der Waals surface area contributed by atoms with Crippen LogP contribution >= 0.6 is 24.0 Å². The number of carbonyl (C=O) groups is 2. The number of amides is 2. The fourth-order valence-electron chi connectivity index (χ4n) is 3.01. The second-order valence-corrected chi connectivity index (χ2v) is 6.73. The molecule has 1 aromatic carbocycles. The van der Waals surface area contributed by atoms with Gasteiger partial charge in [0.25, 0.3) is 0 Å². The molecule has 9 heteroatoms. The Morgan fingerprint density at radius 3 is 2.83 bits per heavy atom. The third kappa shape index (κ3) is 9.91. The molecule has 0 unspecified atom stereocenters. The number of rotatable bonds is 8. The summed E-state index contributed by atoms with van der Waals surface area (Å²) >= 11 is 0. The first-order chi connectivity index (χ1) is 13.6. The Labute approximate surface area is 188 Å². The van der Waals surface area contributed by atoms with Crippen LogP contribution in [0.4, 0.5) is 10.1 Å². The van der Waals surface area contributed by atoms with E-state index in [0.29, 0.717) is 31.2 Å². The molecular weight excluding hydrogens is 488 g/mol. The number of aliphatic imine (C=N–C) groups is 1. The SMILES string of the molecule is CCNC(=NCC(=O)Nc1cccc(F)c1)NCCCN1CCCCCC1=O.I. The highest BCUT2D eigenvalue weighted by molar-refractivity contribution is 14.0. The van der Waals surface area contributed by atoms with Gasteiger partial charge in [0.1, 0.15) is 12.4 Å². The van der Waals surface area contributed by atoms with E-state index < -0.39 is 5.82 Å². The largest absolute Gasteiger partial charge is 0.357 e. The number of nitrogens with one attached hydrogen (secondary N) is 3. The molecular formula is C20H31FIN5O2. The molecule has 0 bridgehead atoms. The zero-order chi connectivity index (χ0) is 20.2. The van der Waals surface area contributed by atoms with Gasteiger partial charge in [-0.25, -0.2) is 9.38 Å². The Kier molecular flexibility index (Phi) is 12.2. The summed E-state index contributed by atoms with van der Waals surface area (Å²) in [6.07, 6.45) is 4.64. The van der Waals surface area contributed by atoms with E-state index in [4.69, 9.17) is 0 Å². The molecule has 0 spiro atoms. The zero-order valence-corrected chi connectivity index (χ0v) is 19.2. The molecule has 1 aromatic rings. The van der Waals surface area contributed by atoms with E-state index >= 15 is 0 Å². The standard InChI is InChI=1S/C20H30FN5O2.HI/c1-2-22-20(23-11-7-13-26-12-5-3-4-10-19(26)28)24-15-18(27)25-17-9-6-8-16(21)14-17;/h6,8-9,14H,2-5,7,10-13,15H2,1H3,(H,25,27)(H2,22,23,24);1H. The van der Waals surface area contributed by atoms with Crippen molar-refractivity contribution < 1.29 is 14.0 Å². The molecule has 3 N–H and O–H groups in total. The molecule has 1 heterocycles. The van der Waals surface area contributed by atoms with E-state index in [2.05, 4.69) is 20.9 Å². The van der Waals surface area contributed by atoms with Crippen molar-refractivity contribution in [1.82, 2.24) is 15.5 Å². The predicted molar refractivity (Wildman–Crippen MR) is 124 cm³/mol. The van der Waals surface area contributed by atoms with Crippen LogP contribution in [0.15, 0.2) is 29.3 Å². The monoisotopic (exact) mass is 519 g/mol. The van der Waals surface area contributed by atoms with E-state index in [0.717, 1.165) is 38.8 Å². The lowest BCUT2D eigenvalue weighted by Gasteiger charge is -2.20. The quantitative estimate of drug-likeness (QED) is 0.214. The topological polar surface area (TPSA) is 85.8 Å². The molecule has 0 aromatic heterocycles. The first-order valence-corrected chi connectivity index (χ1v) is 9.94. The Bertz CT molecular complexity index is 687. The van der Waals surface area contributed by atoms with Crippen LogP contribution in [0.25, 0.3) is 0 Å². The summed E-state index contributed by atoms with van der Waals surface area (Å²) in [5.74, 6) is 0.0587. The first kappa shape index (κ1) is 25.1. The van der Waals surface area contributed by atoms with Gasteiger partial charge in [0.15, 0.2) is 5.96 Å². The Balaban J connectivity index is 0.00000420. The van der Waals surface area contributed by atoms with E-state index in [1.165, 1.54) is 18.2 Å². The van der Waals surface area contributed by atoms with Crippen molar-refractivity contribution in [1.29, 1.82) is 0 Å². The Morgan fingerprint density at radius 2 is 2.07 bits per heavy atom. The van der Waals surface area contributed by atoms with Gasteiger partial charge in [0.2, 0.25) is 11.8 Å². The summed E-state index contributed by atoms with van der Waals surface area (Å²) in [4.78, 5) is 30.2. The normalized spacial score (nSPS) is 14.6. The van der Waals surface area contributed by atoms with Crippen molar-refractivity contribution in [2.45, 2.75) is 39.0 Å². The van der Waals surface area contributed by atoms with Crippen LogP contribution < -0.4 is 16.0 Å². The van der Waals surface area contributed by atoms with Gasteiger partial charge in [-0.1, -0.05) is 12.5 Å². The molecule has 162 valence electrons. The lowest BCUT2D eigenvalue weighted by atomic mass is 10.2. The molecule has 2 rings (SSSR count). The van der Waals surface area contributed by atoms with Gasteiger partial charge in [-0.05, 0) is 44.4 Å². The number of carbonyl (C=O) groups excluding carboxylic acids is 2. The highest BCUT2D eigenvalue weighted by Gasteiger charge is 2.15. The van der Waals surface area contributed by atoms with Crippen molar-refractivity contribution in [2.24, 2.45) is 4.99 Å². The molecule has 1 aliphatic rings. The van der Waals surface area contributed by atoms with Crippen LogP contribution in [0.1, 0.15) is 39.0 Å². The van der Waals surface area contributed by atoms with Crippen molar-refractivity contribution in [3.05, 3.63) is 30.1 Å². The summed E-state index contributed by atoms with van der Waals surface area (Å²) in [5.41, 5.74) is 0.403. The number of anilines is 1. The van der Waals surface area contributed by atoms with E-state index in [9.17, 15) is 14.0 Å². The number of benzene rings is 1. The van der Waals surface area contributed by atoms with Crippen molar-refractivity contribution >= 4 is 47.4 Å². The fourth-order valence-corrected chi connectivity index (χ4v) is 3.01. The van der Waals surface area contributed by atoms with Crippen LogP contribution in [0.3, 0.4) is 0 Å². The molecule has 1 fully saturated rings. The number of likely N-dealkylation sites (tertiary alicyclic amines) is 1. The van der Waals surface area contributed by atoms with Gasteiger partial charge in [0, 0.05) is 38.3 Å². The first-order valence-electron chi connectivity index (χ1n) is 9.94. The lowest BCUT2D eigenvalue weighted by Crippen LogP contribution is -2.40. The van der Waals surface area contributed by atoms with Gasteiger partial charge in [-0.3, -0.25) is 9.59 Å². The second kappa shape index (κ2) is 14.1. The third-order valence-electron chi connectivity index (χ3n) is 4.40. The summed E-state index contributed by atoms with van der Waals surface area (Å²) in [7, 11) is 0. The van der Waals surface area contributed by atoms with Gasteiger partial charge in [-0.2, -0.15) is 0 Å². The number of guanidine groups is 1. The average molecular weight is 519 g/mol. The minimum Gasteiger partial charge on any atom is -0.357 e. The van der Waals surface area contributed by atoms with Crippen LogP contribution in [-0.4, -0.2) is 55.4 Å². The molecule has 1 saturated heterocycles. The smallest absolute Gasteiger partial charge is 0.246 e. The minimum absolute atomic E-state index is 0. The van der Waals surface area contributed by atoms with E-state index in [-0.39, 0.29) is 42.3 Å². The molecule has 0 atom stereocenters. The summed E-state index contributed by atoms with van der Waals surface area (Å²) in [5, 5.41) is 8.88. The average Bonchev–Trinajstić information content (AvgIpc) is 2.87. The molecule has 7 nitrogen and oxygen atoms in total. The van der Waals surface area contributed by atoms with Crippen LogP contribution in [-0.2, 0) is 9.59 Å². The highest BCUT2D eigenvalue weighted by atomic mass is 127. The van der Waals surface area contributed by atoms with E-state index in [1.807, 2.05) is 11.8 Å². The molecule has 0 aliphatic carbocycles. The Morgan fingerprint density at radius 1 is 1.24 bits per heavy atom. The van der Waals surface area contributed by atoms with Crippen LogP contribution in [0.5, 0.6) is 0 Å². The highest BCUT2D eigenvalue weighted by Crippen LogP contribution is 2.11. The fraction of sp³-hybridized carbons (Fsp3) is 0.550.